The highest BCUT2D eigenvalue weighted by atomic mass is 32.2. The molecule has 0 aliphatic carbocycles. The van der Waals surface area contributed by atoms with Gasteiger partial charge in [-0.1, -0.05) is 56.2 Å². The van der Waals surface area contributed by atoms with Crippen LogP contribution < -0.4 is 0 Å². The minimum atomic E-state index is -3.87. The van der Waals surface area contributed by atoms with Gasteiger partial charge >= 0.3 is 0 Å². The van der Waals surface area contributed by atoms with Crippen LogP contribution in [-0.2, 0) is 23.0 Å². The molecule has 21 heavy (non-hydrogen) atoms. The zero-order valence-electron chi connectivity index (χ0n) is 12.8. The Morgan fingerprint density at radius 2 is 1.71 bits per heavy atom. The summed E-state index contributed by atoms with van der Waals surface area (Å²) >= 11 is 0. The Balaban J connectivity index is 2.30. The molecule has 0 heterocycles. The maximum Gasteiger partial charge on any atom is 0.268 e. The van der Waals surface area contributed by atoms with E-state index < -0.39 is 10.1 Å². The highest BCUT2D eigenvalue weighted by Gasteiger charge is 1.99. The zero-order valence-corrected chi connectivity index (χ0v) is 13.6. The summed E-state index contributed by atoms with van der Waals surface area (Å²) in [5, 5.41) is 0. The predicted molar refractivity (Wildman–Crippen MR) is 88.2 cm³/mol. The summed E-state index contributed by atoms with van der Waals surface area (Å²) in [6.07, 6.45) is 11.1. The van der Waals surface area contributed by atoms with E-state index >= 15 is 0 Å². The minimum absolute atomic E-state index is 0.292. The first-order valence-electron chi connectivity index (χ1n) is 7.69. The number of aryl methyl sites for hydroxylation is 2. The van der Waals surface area contributed by atoms with E-state index in [0.29, 0.717) is 0 Å². The summed E-state index contributed by atoms with van der Waals surface area (Å²) in [4.78, 5) is 0. The van der Waals surface area contributed by atoms with Crippen LogP contribution in [0.3, 0.4) is 0 Å². The van der Waals surface area contributed by atoms with Crippen molar-refractivity contribution in [3.05, 3.63) is 47.5 Å². The molecule has 1 aromatic carbocycles. The van der Waals surface area contributed by atoms with E-state index in [-0.39, 0.29) is 5.75 Å². The van der Waals surface area contributed by atoms with Crippen molar-refractivity contribution in [2.24, 2.45) is 0 Å². The Bertz CT molecular complexity index is 533. The third-order valence-electron chi connectivity index (χ3n) is 3.37. The molecular weight excluding hydrogens is 284 g/mol. The van der Waals surface area contributed by atoms with Crippen LogP contribution in [0.5, 0.6) is 0 Å². The Morgan fingerprint density at radius 1 is 1.05 bits per heavy atom. The summed E-state index contributed by atoms with van der Waals surface area (Å²) in [7, 11) is -3.87. The molecule has 1 N–H and O–H groups in total. The zero-order chi connectivity index (χ0) is 15.6. The average Bonchev–Trinajstić information content (AvgIpc) is 2.42. The number of benzene rings is 1. The molecule has 0 spiro atoms. The number of hydrogen-bond acceptors (Lipinski definition) is 2. The molecule has 0 amide bonds. The van der Waals surface area contributed by atoms with Gasteiger partial charge in [0.15, 0.2) is 0 Å². The largest absolute Gasteiger partial charge is 0.285 e. The lowest BCUT2D eigenvalue weighted by Gasteiger charge is -2.04. The molecule has 0 unspecified atom stereocenters. The number of hydrogen-bond donors (Lipinski definition) is 1. The molecule has 0 aromatic heterocycles. The molecule has 4 heteroatoms. The van der Waals surface area contributed by atoms with Crippen LogP contribution >= 0.6 is 0 Å². The first kappa shape index (κ1) is 17.9. The van der Waals surface area contributed by atoms with Crippen LogP contribution in [0.1, 0.15) is 50.2 Å². The molecule has 0 atom stereocenters. The van der Waals surface area contributed by atoms with E-state index in [1.807, 2.05) is 6.08 Å². The van der Waals surface area contributed by atoms with Crippen molar-refractivity contribution in [3.8, 4) is 0 Å². The van der Waals surface area contributed by atoms with Crippen LogP contribution in [0.15, 0.2) is 36.4 Å². The van der Waals surface area contributed by atoms with E-state index in [9.17, 15) is 8.42 Å². The molecule has 0 aliphatic heterocycles. The predicted octanol–water partition coefficient (Wildman–Crippen LogP) is 4.19. The lowest BCUT2D eigenvalue weighted by atomic mass is 10.0. The first-order valence-corrected chi connectivity index (χ1v) is 9.30. The second-order valence-electron chi connectivity index (χ2n) is 5.39. The SMILES string of the molecule is CCCCCc1cccc(CCCC=CCS(=O)(=O)O)c1. The van der Waals surface area contributed by atoms with E-state index in [0.717, 1.165) is 25.7 Å². The highest BCUT2D eigenvalue weighted by Crippen LogP contribution is 2.12. The molecule has 0 radical (unpaired) electrons. The van der Waals surface area contributed by atoms with E-state index in [1.54, 1.807) is 0 Å². The maximum absolute atomic E-state index is 10.5. The summed E-state index contributed by atoms with van der Waals surface area (Å²) < 4.78 is 29.7. The van der Waals surface area contributed by atoms with Crippen molar-refractivity contribution in [2.45, 2.75) is 51.9 Å². The van der Waals surface area contributed by atoms with Crippen molar-refractivity contribution in [2.75, 3.05) is 5.75 Å². The van der Waals surface area contributed by atoms with Gasteiger partial charge in [-0.05, 0) is 43.2 Å². The standard InChI is InChI=1S/C17H26O3S/c1-2-3-6-10-16-12-9-13-17(15-16)11-7-4-5-8-14-21(18,19)20/h5,8-9,12-13,15H,2-4,6-7,10-11,14H2,1H3,(H,18,19,20). The van der Waals surface area contributed by atoms with Gasteiger partial charge in [0.05, 0.1) is 5.75 Å². The van der Waals surface area contributed by atoms with Crippen LogP contribution in [0, 0.1) is 0 Å². The Hall–Kier alpha value is -1.13. The van der Waals surface area contributed by atoms with Crippen molar-refractivity contribution < 1.29 is 13.0 Å². The summed E-state index contributed by atoms with van der Waals surface area (Å²) in [6, 6.07) is 8.72. The topological polar surface area (TPSA) is 54.4 Å². The molecule has 0 fully saturated rings. The molecule has 118 valence electrons. The van der Waals surface area contributed by atoms with Gasteiger partial charge in [0.2, 0.25) is 0 Å². The van der Waals surface area contributed by atoms with Crippen LogP contribution in [0.2, 0.25) is 0 Å². The summed E-state index contributed by atoms with van der Waals surface area (Å²) in [5.74, 6) is -0.292. The minimum Gasteiger partial charge on any atom is -0.285 e. The fourth-order valence-electron chi connectivity index (χ4n) is 2.25. The number of rotatable bonds is 10. The normalized spacial score (nSPS) is 12.1. The van der Waals surface area contributed by atoms with E-state index in [1.165, 1.54) is 36.5 Å². The molecule has 1 rings (SSSR count). The van der Waals surface area contributed by atoms with Gasteiger partial charge in [-0.25, -0.2) is 0 Å². The van der Waals surface area contributed by atoms with Gasteiger partial charge in [-0.3, -0.25) is 4.55 Å². The first-order chi connectivity index (χ1) is 10.0. The van der Waals surface area contributed by atoms with Crippen molar-refractivity contribution in [1.82, 2.24) is 0 Å². The average molecular weight is 310 g/mol. The Labute approximate surface area is 128 Å². The second-order valence-corrected chi connectivity index (χ2v) is 6.89. The summed E-state index contributed by atoms with van der Waals surface area (Å²) in [6.45, 7) is 2.21. The van der Waals surface area contributed by atoms with Crippen LogP contribution in [-0.4, -0.2) is 18.7 Å². The molecule has 0 saturated heterocycles. The lowest BCUT2D eigenvalue weighted by Crippen LogP contribution is -2.00. The third-order valence-corrected chi connectivity index (χ3v) is 3.98. The van der Waals surface area contributed by atoms with Crippen molar-refractivity contribution >= 4 is 10.1 Å². The number of allylic oxidation sites excluding steroid dienone is 1. The van der Waals surface area contributed by atoms with E-state index in [4.69, 9.17) is 4.55 Å². The molecule has 0 aliphatic rings. The van der Waals surface area contributed by atoms with Crippen molar-refractivity contribution in [1.29, 1.82) is 0 Å². The molecular formula is C17H26O3S. The van der Waals surface area contributed by atoms with Gasteiger partial charge in [-0.2, -0.15) is 8.42 Å². The van der Waals surface area contributed by atoms with Gasteiger partial charge in [-0.15, -0.1) is 0 Å². The van der Waals surface area contributed by atoms with Gasteiger partial charge < -0.3 is 0 Å². The second kappa shape index (κ2) is 9.74. The highest BCUT2D eigenvalue weighted by molar-refractivity contribution is 7.85. The quantitative estimate of drug-likeness (QED) is 0.400. The maximum atomic E-state index is 10.5. The van der Waals surface area contributed by atoms with Gasteiger partial charge in [0.25, 0.3) is 10.1 Å². The smallest absolute Gasteiger partial charge is 0.268 e. The molecule has 0 bridgehead atoms. The fourth-order valence-corrected chi connectivity index (χ4v) is 2.63. The van der Waals surface area contributed by atoms with Gasteiger partial charge in [0, 0.05) is 0 Å². The summed E-state index contributed by atoms with van der Waals surface area (Å²) in [5.41, 5.74) is 2.75. The monoisotopic (exact) mass is 310 g/mol. The van der Waals surface area contributed by atoms with Gasteiger partial charge in [0.1, 0.15) is 0 Å². The Morgan fingerprint density at radius 3 is 2.33 bits per heavy atom. The number of unbranched alkanes of at least 4 members (excludes halogenated alkanes) is 3. The van der Waals surface area contributed by atoms with Crippen molar-refractivity contribution in [3.63, 3.8) is 0 Å². The van der Waals surface area contributed by atoms with Crippen LogP contribution in [0.25, 0.3) is 0 Å². The Kier molecular flexibility index (Phi) is 8.31. The molecule has 3 nitrogen and oxygen atoms in total. The third kappa shape index (κ3) is 9.43. The molecule has 0 saturated carbocycles. The lowest BCUT2D eigenvalue weighted by molar-refractivity contribution is 0.486. The van der Waals surface area contributed by atoms with Crippen LogP contribution in [0.4, 0.5) is 0 Å². The van der Waals surface area contributed by atoms with E-state index in [2.05, 4.69) is 31.2 Å². The fraction of sp³-hybridized carbons (Fsp3) is 0.529. The molecule has 1 aromatic rings.